The molecule has 0 radical (unpaired) electrons. The molecule has 3 aliphatic rings. The van der Waals surface area contributed by atoms with Crippen LogP contribution in [0.15, 0.2) is 46.2 Å². The Morgan fingerprint density at radius 2 is 2.00 bits per heavy atom. The molecular weight excluding hydrogens is 547 g/mol. The van der Waals surface area contributed by atoms with Gasteiger partial charge >= 0.3 is 204 Å². The molecule has 3 aromatic rings. The van der Waals surface area contributed by atoms with Gasteiger partial charge in [0, 0.05) is 0 Å². The van der Waals surface area contributed by atoms with Crippen molar-refractivity contribution in [1.82, 2.24) is 9.88 Å². The number of hydrogen-bond donors (Lipinski definition) is 2. The molecule has 8 nitrogen and oxygen atoms in total. The predicted molar refractivity (Wildman–Crippen MR) is 138 cm³/mol. The number of allylic oxidation sites excluding steroid dienone is 1. The van der Waals surface area contributed by atoms with Crippen LogP contribution in [-0.4, -0.2) is 51.7 Å². The predicted octanol–water partition coefficient (Wildman–Crippen LogP) is 3.88. The first-order valence-electron chi connectivity index (χ1n) is 11.0. The van der Waals surface area contributed by atoms with Crippen molar-refractivity contribution in [2.24, 2.45) is 5.73 Å². The van der Waals surface area contributed by atoms with Gasteiger partial charge in [0.2, 0.25) is 0 Å². The molecule has 0 aliphatic carbocycles. The number of aromatic nitrogens is 1. The third-order valence-corrected chi connectivity index (χ3v) is 13.4. The second-order valence-electron chi connectivity index (χ2n) is 8.63. The van der Waals surface area contributed by atoms with Crippen LogP contribution in [0, 0.1) is 3.57 Å². The molecule has 3 N–H and O–H groups in total. The zero-order valence-electron chi connectivity index (χ0n) is 18.7. The number of methoxy groups -OCH3 is 1. The number of amides is 3. The van der Waals surface area contributed by atoms with Gasteiger partial charge in [-0.2, -0.15) is 0 Å². The van der Waals surface area contributed by atoms with Gasteiger partial charge in [-0.15, -0.1) is 0 Å². The van der Waals surface area contributed by atoms with Gasteiger partial charge in [-0.05, 0) is 0 Å². The number of halogens is 1. The van der Waals surface area contributed by atoms with Gasteiger partial charge in [-0.1, -0.05) is 0 Å². The first-order valence-corrected chi connectivity index (χ1v) is 14.4. The Kier molecular flexibility index (Phi) is 4.73. The molecule has 4 heterocycles. The van der Waals surface area contributed by atoms with E-state index < -0.39 is 25.9 Å². The number of nitrogens with zero attached hydrogens (tertiary/aromatic N) is 2. The molecule has 0 bridgehead atoms. The van der Waals surface area contributed by atoms with E-state index in [-0.39, 0.29) is 11.7 Å². The Morgan fingerprint density at radius 3 is 2.76 bits per heavy atom. The Bertz CT molecular complexity index is 1440. The fourth-order valence-corrected chi connectivity index (χ4v) is 12.1. The molecule has 34 heavy (non-hydrogen) atoms. The van der Waals surface area contributed by atoms with Gasteiger partial charge in [0.05, 0.1) is 0 Å². The van der Waals surface area contributed by atoms with Crippen LogP contribution in [0.5, 0.6) is 5.75 Å². The summed E-state index contributed by atoms with van der Waals surface area (Å²) >= 11 is -1.99. The van der Waals surface area contributed by atoms with E-state index in [1.165, 1.54) is 0 Å². The first kappa shape index (κ1) is 21.2. The number of nitrogens with one attached hydrogen (secondary N) is 1. The van der Waals surface area contributed by atoms with Crippen LogP contribution in [0.25, 0.3) is 10.9 Å². The number of ketones is 1. The maximum atomic E-state index is 13.7. The van der Waals surface area contributed by atoms with Gasteiger partial charge < -0.3 is 0 Å². The molecule has 174 valence electrons. The Labute approximate surface area is 203 Å². The minimum atomic E-state index is -1.99. The molecule has 2 aromatic carbocycles. The molecule has 6 rings (SSSR count). The van der Waals surface area contributed by atoms with Crippen LogP contribution in [0.2, 0.25) is 0 Å². The van der Waals surface area contributed by atoms with E-state index in [1.807, 2.05) is 36.4 Å². The SMILES string of the molecule is COc1ccc2c(c1)I1C(=CC2=O)N(C(=O)c2cc3c4c(ccc3[nH]2)N(C(N)=O)CC4)C[C@@H]1C. The van der Waals surface area contributed by atoms with E-state index >= 15 is 0 Å². The number of hydrogen-bond acceptors (Lipinski definition) is 4. The quantitative estimate of drug-likeness (QED) is 0.277. The summed E-state index contributed by atoms with van der Waals surface area (Å²) in [6.45, 7) is 3.29. The van der Waals surface area contributed by atoms with Crippen LogP contribution < -0.4 is 15.4 Å². The average Bonchev–Trinajstić information content (AvgIpc) is 3.53. The summed E-state index contributed by atoms with van der Waals surface area (Å²) in [5.41, 5.74) is 9.39. The summed E-state index contributed by atoms with van der Waals surface area (Å²) in [7, 11) is 1.62. The monoisotopic (exact) mass is 570 g/mol. The zero-order chi connectivity index (χ0) is 23.7. The number of ether oxygens (including phenoxy) is 1. The number of rotatable bonds is 2. The van der Waals surface area contributed by atoms with Crippen LogP contribution in [0.3, 0.4) is 0 Å². The average molecular weight is 570 g/mol. The molecule has 3 amide bonds. The number of benzene rings is 2. The van der Waals surface area contributed by atoms with Crippen molar-refractivity contribution in [1.29, 1.82) is 0 Å². The second-order valence-corrected chi connectivity index (χ2v) is 14.8. The number of anilines is 1. The third kappa shape index (κ3) is 2.99. The summed E-state index contributed by atoms with van der Waals surface area (Å²) in [5, 5.41) is 0.927. The standard InChI is InChI=1S/C25H23IN4O4/c1-13-12-30(23-11-22(31)16-4-3-14(34-2)9-18(16)26(13)23)24(32)20-10-17-15-7-8-29(25(27)33)21(15)6-5-19(17)28-20/h3-6,9-11,13,28H,7-8,12H2,1-2H3,(H2,27,33)/t13-/m0/s1. The second kappa shape index (κ2) is 7.59. The Balaban J connectivity index is 1.38. The van der Waals surface area contributed by atoms with Gasteiger partial charge in [-0.3, -0.25) is 0 Å². The summed E-state index contributed by atoms with van der Waals surface area (Å²) in [4.78, 5) is 45.0. The number of urea groups is 1. The van der Waals surface area contributed by atoms with Gasteiger partial charge in [0.25, 0.3) is 0 Å². The Hall–Kier alpha value is -3.34. The molecule has 1 aromatic heterocycles. The number of carbonyl (C=O) groups excluding carboxylic acids is 3. The number of aromatic amines is 1. The van der Waals surface area contributed by atoms with Crippen molar-refractivity contribution in [3.8, 4) is 5.75 Å². The molecule has 1 saturated heterocycles. The van der Waals surface area contributed by atoms with Crippen LogP contribution >= 0.6 is 19.8 Å². The number of alkyl halides is 1. The van der Waals surface area contributed by atoms with Crippen molar-refractivity contribution < 1.29 is 19.1 Å². The fraction of sp³-hybridized carbons (Fsp3) is 0.240. The van der Waals surface area contributed by atoms with E-state index in [1.54, 1.807) is 23.0 Å². The third-order valence-electron chi connectivity index (χ3n) is 6.69. The zero-order valence-corrected chi connectivity index (χ0v) is 20.9. The number of H-pyrrole nitrogens is 1. The Morgan fingerprint density at radius 1 is 1.18 bits per heavy atom. The summed E-state index contributed by atoms with van der Waals surface area (Å²) in [5.74, 6) is 0.539. The molecule has 9 heteroatoms. The van der Waals surface area contributed by atoms with Crippen LogP contribution in [0.1, 0.15) is 33.3 Å². The molecule has 0 saturated carbocycles. The summed E-state index contributed by atoms with van der Waals surface area (Å²) in [6, 6.07) is 10.8. The van der Waals surface area contributed by atoms with Crippen molar-refractivity contribution in [3.05, 3.63) is 66.6 Å². The molecule has 1 atom stereocenters. The van der Waals surface area contributed by atoms with E-state index in [4.69, 9.17) is 10.5 Å². The molecule has 1 fully saturated rings. The number of fused-ring (bicyclic) bond motifs is 6. The van der Waals surface area contributed by atoms with Crippen molar-refractivity contribution >= 4 is 54.1 Å². The summed E-state index contributed by atoms with van der Waals surface area (Å²) < 4.78 is 7.66. The molecular formula is C25H23IN4O4. The van der Waals surface area contributed by atoms with Crippen LogP contribution in [-0.2, 0) is 6.42 Å². The minimum absolute atomic E-state index is 0.0610. The van der Waals surface area contributed by atoms with Crippen molar-refractivity contribution in [2.45, 2.75) is 17.3 Å². The number of primary amides is 1. The van der Waals surface area contributed by atoms with E-state index in [0.29, 0.717) is 29.1 Å². The topological polar surface area (TPSA) is 109 Å². The van der Waals surface area contributed by atoms with Crippen LogP contribution in [0.4, 0.5) is 10.5 Å². The molecule has 0 spiro atoms. The van der Waals surface area contributed by atoms with E-state index in [2.05, 4.69) is 11.9 Å². The van der Waals surface area contributed by atoms with Gasteiger partial charge in [0.1, 0.15) is 0 Å². The number of nitrogens with two attached hydrogens (primary N) is 1. The van der Waals surface area contributed by atoms with E-state index in [9.17, 15) is 14.4 Å². The normalized spacial score (nSPS) is 19.7. The summed E-state index contributed by atoms with van der Waals surface area (Å²) in [6.07, 6.45) is 2.36. The fourth-order valence-electron chi connectivity index (χ4n) is 5.11. The molecule has 0 unspecified atom stereocenters. The maximum absolute atomic E-state index is 13.7. The van der Waals surface area contributed by atoms with E-state index in [0.717, 1.165) is 40.7 Å². The molecule has 3 aliphatic heterocycles. The number of carbonyl (C=O) groups is 3. The van der Waals surface area contributed by atoms with Gasteiger partial charge in [-0.25, -0.2) is 0 Å². The first-order chi connectivity index (χ1) is 16.4. The van der Waals surface area contributed by atoms with Crippen molar-refractivity contribution in [2.75, 3.05) is 25.1 Å². The van der Waals surface area contributed by atoms with Gasteiger partial charge in [0.15, 0.2) is 0 Å². The van der Waals surface area contributed by atoms with Crippen molar-refractivity contribution in [3.63, 3.8) is 0 Å².